The summed E-state index contributed by atoms with van der Waals surface area (Å²) in [6.45, 7) is 1.85. The third-order valence-corrected chi connectivity index (χ3v) is 8.07. The van der Waals surface area contributed by atoms with Crippen molar-refractivity contribution in [2.75, 3.05) is 11.9 Å². The summed E-state index contributed by atoms with van der Waals surface area (Å²) in [5.74, 6) is -3.23. The number of carbonyl (C=O) groups is 1. The van der Waals surface area contributed by atoms with Gasteiger partial charge in [-0.15, -0.1) is 0 Å². The highest BCUT2D eigenvalue weighted by atomic mass is 127. The van der Waals surface area contributed by atoms with Crippen LogP contribution in [-0.2, 0) is 29.2 Å². The average molecular weight is 795 g/mol. The van der Waals surface area contributed by atoms with E-state index in [0.29, 0.717) is 35.1 Å². The number of hydrogen-bond donors (Lipinski definition) is 5. The minimum Gasteiger partial charge on any atom is -0.475 e. The topological polar surface area (TPSA) is 174 Å². The number of aliphatic carboxylic acids is 1. The number of halogens is 5. The van der Waals surface area contributed by atoms with Gasteiger partial charge in [0.05, 0.1) is 16.9 Å². The lowest BCUT2D eigenvalue weighted by molar-refractivity contribution is -0.192. The Morgan fingerprint density at radius 2 is 1.74 bits per heavy atom. The summed E-state index contributed by atoms with van der Waals surface area (Å²) in [5.41, 5.74) is 2.67. The summed E-state index contributed by atoms with van der Waals surface area (Å²) in [5, 5.41) is 10.2. The Balaban J connectivity index is 0.000000644. The van der Waals surface area contributed by atoms with Gasteiger partial charge in [0, 0.05) is 28.8 Å². The molecule has 0 radical (unpaired) electrons. The van der Waals surface area contributed by atoms with E-state index in [1.165, 1.54) is 32.9 Å². The first-order valence-corrected chi connectivity index (χ1v) is 15.9. The number of thiol groups is 1. The summed E-state index contributed by atoms with van der Waals surface area (Å²) in [6, 6.07) is 11.3. The number of fused-ring (bicyclic) bond motifs is 1. The Labute approximate surface area is 278 Å². The van der Waals surface area contributed by atoms with Gasteiger partial charge in [0.2, 0.25) is 10.9 Å². The van der Waals surface area contributed by atoms with Crippen LogP contribution in [0.4, 0.5) is 29.1 Å². The molecule has 2 heterocycles. The molecule has 0 unspecified atom stereocenters. The number of nitrogens with zero attached hydrogens (tertiary/aromatic N) is 3. The van der Waals surface area contributed by atoms with Gasteiger partial charge in [-0.3, -0.25) is 23.3 Å². The molecule has 0 aliphatic heterocycles. The first-order valence-electron chi connectivity index (χ1n) is 13.7. The molecule has 13 nitrogen and oxygen atoms in total. The Hall–Kier alpha value is -4.08. The largest absolute Gasteiger partial charge is 0.490 e. The minimum absolute atomic E-state index is 0.0806. The van der Waals surface area contributed by atoms with Crippen molar-refractivity contribution in [1.82, 2.24) is 24.0 Å². The van der Waals surface area contributed by atoms with Crippen LogP contribution in [0.5, 0.6) is 0 Å². The third-order valence-electron chi connectivity index (χ3n) is 7.06. The fraction of sp³-hybridized carbons (Fsp3) is 0.286. The van der Waals surface area contributed by atoms with E-state index in [2.05, 4.69) is 15.6 Å². The monoisotopic (exact) mass is 794 g/mol. The summed E-state index contributed by atoms with van der Waals surface area (Å²) >= 11 is 1.99. The Bertz CT molecular complexity index is 2120. The molecular formula is C28H27F4IN6O7S. The quantitative estimate of drug-likeness (QED) is 0.0562. The molecule has 1 saturated carbocycles. The highest BCUT2D eigenvalue weighted by Gasteiger charge is 2.38. The maximum absolute atomic E-state index is 14.9. The lowest BCUT2D eigenvalue weighted by atomic mass is 10.1. The molecule has 47 heavy (non-hydrogen) atoms. The van der Waals surface area contributed by atoms with E-state index in [0.717, 1.165) is 5.56 Å². The number of aryl methyl sites for hydroxylation is 1. The number of hydrazine groups is 1. The van der Waals surface area contributed by atoms with E-state index in [-0.39, 0.29) is 34.0 Å². The van der Waals surface area contributed by atoms with E-state index in [1.807, 2.05) is 28.7 Å². The lowest BCUT2D eigenvalue weighted by Gasteiger charge is -2.21. The van der Waals surface area contributed by atoms with Crippen molar-refractivity contribution in [3.63, 3.8) is 0 Å². The van der Waals surface area contributed by atoms with E-state index >= 15 is 0 Å². The molecule has 4 N–H and O–H groups in total. The molecule has 4 aromatic rings. The zero-order chi connectivity index (χ0) is 34.8. The predicted molar refractivity (Wildman–Crippen MR) is 173 cm³/mol. The smallest absolute Gasteiger partial charge is 0.475 e. The Kier molecular flexibility index (Phi) is 10.9. The maximum atomic E-state index is 14.9. The Morgan fingerprint density at radius 3 is 2.32 bits per heavy atom. The molecule has 252 valence electrons. The summed E-state index contributed by atoms with van der Waals surface area (Å²) < 4.78 is 72.6. The van der Waals surface area contributed by atoms with Crippen LogP contribution in [0.2, 0.25) is 0 Å². The van der Waals surface area contributed by atoms with Crippen molar-refractivity contribution in [2.24, 2.45) is 7.05 Å². The normalized spacial score (nSPS) is 13.0. The lowest BCUT2D eigenvalue weighted by Crippen LogP contribution is -2.41. The van der Waals surface area contributed by atoms with E-state index in [1.54, 1.807) is 31.2 Å². The number of hydrogen-bond acceptors (Lipinski definition) is 8. The van der Waals surface area contributed by atoms with Gasteiger partial charge in [-0.25, -0.2) is 27.8 Å². The van der Waals surface area contributed by atoms with E-state index in [4.69, 9.17) is 9.90 Å². The second kappa shape index (κ2) is 14.4. The van der Waals surface area contributed by atoms with Crippen molar-refractivity contribution >= 4 is 61.9 Å². The van der Waals surface area contributed by atoms with Crippen molar-refractivity contribution in [1.29, 1.82) is 0 Å². The van der Waals surface area contributed by atoms with Crippen LogP contribution in [0, 0.1) is 16.3 Å². The van der Waals surface area contributed by atoms with Gasteiger partial charge < -0.3 is 10.4 Å². The SMILES string of the molecule is Cc1c(=O)n(C)c(Nc2ccc(I)cc2F)c2c(=O)n(C3CC3)c(=O)n(-c3cccc(CCNN[SH](=O)=O)c3)c12.O=C(O)C(F)(F)F. The molecule has 0 atom stereocenters. The number of benzene rings is 2. The van der Waals surface area contributed by atoms with Gasteiger partial charge in [-0.1, -0.05) is 12.1 Å². The Morgan fingerprint density at radius 1 is 1.09 bits per heavy atom. The number of carboxylic acids is 1. The van der Waals surface area contributed by atoms with Crippen LogP contribution < -0.4 is 32.4 Å². The van der Waals surface area contributed by atoms with Crippen molar-refractivity contribution < 1.29 is 35.9 Å². The van der Waals surface area contributed by atoms with Gasteiger partial charge in [0.15, 0.2) is 0 Å². The maximum Gasteiger partial charge on any atom is 0.490 e. The standard InChI is InChI=1S/C26H26FIN6O5S.C2HF3O2/c1-14-22-21(23(32(2)24(14)35)30-20-9-6-16(28)13-19(20)27)25(36)34(17-7-8-17)26(37)33(22)18-5-3-4-15(12-18)10-11-29-31-40(38)39;3-2(4,5)1(6)7/h3-6,9,12-13,17,29-30,40H,7-8,10-11H2,1-2H3,(H,31,38,39);(H,6,7). The highest BCUT2D eigenvalue weighted by Crippen LogP contribution is 2.34. The molecule has 1 fully saturated rings. The van der Waals surface area contributed by atoms with Crippen LogP contribution in [0.3, 0.4) is 0 Å². The molecular weight excluding hydrogens is 767 g/mol. The van der Waals surface area contributed by atoms with Crippen LogP contribution in [0.15, 0.2) is 56.8 Å². The van der Waals surface area contributed by atoms with E-state index in [9.17, 15) is 40.4 Å². The predicted octanol–water partition coefficient (Wildman–Crippen LogP) is 2.78. The summed E-state index contributed by atoms with van der Waals surface area (Å²) in [7, 11) is -1.29. The second-order valence-electron chi connectivity index (χ2n) is 10.4. The van der Waals surface area contributed by atoms with Gasteiger partial charge in [-0.2, -0.15) is 18.0 Å². The zero-order valence-electron chi connectivity index (χ0n) is 24.5. The van der Waals surface area contributed by atoms with Crippen molar-refractivity contribution in [3.8, 4) is 5.69 Å². The van der Waals surface area contributed by atoms with Crippen LogP contribution in [0.25, 0.3) is 16.6 Å². The molecule has 19 heteroatoms. The second-order valence-corrected chi connectivity index (χ2v) is 12.3. The third kappa shape index (κ3) is 8.08. The van der Waals surface area contributed by atoms with Crippen molar-refractivity contribution in [2.45, 2.75) is 38.4 Å². The van der Waals surface area contributed by atoms with Gasteiger partial charge in [-0.05, 0) is 84.7 Å². The van der Waals surface area contributed by atoms with Gasteiger partial charge in [0.1, 0.15) is 17.0 Å². The number of rotatable bonds is 9. The van der Waals surface area contributed by atoms with E-state index < -0.39 is 45.7 Å². The number of anilines is 2. The number of nitrogens with one attached hydrogen (secondary N) is 3. The zero-order valence-corrected chi connectivity index (χ0v) is 27.6. The number of alkyl halides is 3. The molecule has 0 saturated heterocycles. The molecule has 0 spiro atoms. The molecule has 0 bridgehead atoms. The van der Waals surface area contributed by atoms with Crippen LogP contribution in [0.1, 0.15) is 30.0 Å². The van der Waals surface area contributed by atoms with Crippen molar-refractivity contribution in [3.05, 3.63) is 94.2 Å². The van der Waals surface area contributed by atoms with Gasteiger partial charge >= 0.3 is 17.8 Å². The first kappa shape index (κ1) is 35.8. The number of aromatic nitrogens is 3. The minimum atomic E-state index is -5.08. The molecule has 0 amide bonds. The molecule has 1 aliphatic carbocycles. The molecule has 5 rings (SSSR count). The fourth-order valence-corrected chi connectivity index (χ4v) is 5.45. The molecule has 2 aromatic carbocycles. The highest BCUT2D eigenvalue weighted by molar-refractivity contribution is 14.1. The average Bonchev–Trinajstić information content (AvgIpc) is 3.83. The summed E-state index contributed by atoms with van der Waals surface area (Å²) in [4.78, 5) is 52.2. The van der Waals surface area contributed by atoms with Gasteiger partial charge in [0.25, 0.3) is 11.1 Å². The fourth-order valence-electron chi connectivity index (χ4n) is 4.75. The number of pyridine rings is 1. The van der Waals surface area contributed by atoms with Crippen LogP contribution in [-0.4, -0.2) is 45.9 Å². The first-order chi connectivity index (χ1) is 22.0. The number of carboxylic acid groups (broad SMARTS) is 1. The molecule has 1 aliphatic rings. The summed E-state index contributed by atoms with van der Waals surface area (Å²) in [6.07, 6.45) is -3.32. The van der Waals surface area contributed by atoms with Crippen LogP contribution >= 0.6 is 22.6 Å². The molecule has 2 aromatic heterocycles.